The largest absolute Gasteiger partial charge is 0.507 e. The SMILES string of the molecule is C/C(=C/CC(=O)O)c1ccc(C)cc1O. The molecule has 3 heteroatoms. The van der Waals surface area contributed by atoms with E-state index >= 15 is 0 Å². The summed E-state index contributed by atoms with van der Waals surface area (Å²) in [7, 11) is 0. The highest BCUT2D eigenvalue weighted by Gasteiger charge is 2.03. The molecule has 0 bridgehead atoms. The summed E-state index contributed by atoms with van der Waals surface area (Å²) in [4.78, 5) is 10.4. The van der Waals surface area contributed by atoms with Crippen molar-refractivity contribution in [1.29, 1.82) is 0 Å². The Morgan fingerprint density at radius 2 is 2.13 bits per heavy atom. The van der Waals surface area contributed by atoms with E-state index in [4.69, 9.17) is 5.11 Å². The summed E-state index contributed by atoms with van der Waals surface area (Å²) in [5, 5.41) is 18.2. The van der Waals surface area contributed by atoms with Crippen LogP contribution in [0.3, 0.4) is 0 Å². The molecular formula is C12H14O3. The summed E-state index contributed by atoms with van der Waals surface area (Å²) < 4.78 is 0. The molecule has 0 aromatic heterocycles. The van der Waals surface area contributed by atoms with E-state index < -0.39 is 5.97 Å². The number of carboxylic acid groups (broad SMARTS) is 1. The predicted molar refractivity (Wildman–Crippen MR) is 58.7 cm³/mol. The van der Waals surface area contributed by atoms with Gasteiger partial charge in [-0.1, -0.05) is 18.2 Å². The number of hydrogen-bond acceptors (Lipinski definition) is 2. The molecule has 0 atom stereocenters. The minimum Gasteiger partial charge on any atom is -0.507 e. The summed E-state index contributed by atoms with van der Waals surface area (Å²) >= 11 is 0. The molecule has 80 valence electrons. The topological polar surface area (TPSA) is 57.5 Å². The quantitative estimate of drug-likeness (QED) is 0.799. The molecule has 15 heavy (non-hydrogen) atoms. The van der Waals surface area contributed by atoms with Gasteiger partial charge in [-0.3, -0.25) is 4.79 Å². The molecule has 0 amide bonds. The van der Waals surface area contributed by atoms with Crippen LogP contribution in [0.25, 0.3) is 5.57 Å². The number of aryl methyl sites for hydroxylation is 1. The fraction of sp³-hybridized carbons (Fsp3) is 0.250. The molecule has 0 aliphatic rings. The molecule has 0 aliphatic heterocycles. The van der Waals surface area contributed by atoms with Crippen molar-refractivity contribution in [3.8, 4) is 5.75 Å². The summed E-state index contributed by atoms with van der Waals surface area (Å²) in [6.07, 6.45) is 1.56. The van der Waals surface area contributed by atoms with Crippen molar-refractivity contribution >= 4 is 11.5 Å². The zero-order chi connectivity index (χ0) is 11.4. The molecule has 0 fully saturated rings. The van der Waals surface area contributed by atoms with Crippen LogP contribution in [0.5, 0.6) is 5.75 Å². The fourth-order valence-electron chi connectivity index (χ4n) is 1.33. The van der Waals surface area contributed by atoms with E-state index in [9.17, 15) is 9.90 Å². The second-order valence-corrected chi connectivity index (χ2v) is 3.51. The lowest BCUT2D eigenvalue weighted by atomic mass is 10.0. The number of carbonyl (C=O) groups is 1. The monoisotopic (exact) mass is 206 g/mol. The van der Waals surface area contributed by atoms with Gasteiger partial charge in [-0.05, 0) is 31.1 Å². The van der Waals surface area contributed by atoms with E-state index in [1.807, 2.05) is 13.0 Å². The smallest absolute Gasteiger partial charge is 0.307 e. The molecule has 1 aromatic rings. The highest BCUT2D eigenvalue weighted by molar-refractivity contribution is 5.75. The molecule has 0 heterocycles. The lowest BCUT2D eigenvalue weighted by molar-refractivity contribution is -0.135. The number of carboxylic acids is 1. The zero-order valence-electron chi connectivity index (χ0n) is 8.82. The lowest BCUT2D eigenvalue weighted by Gasteiger charge is -2.05. The standard InChI is InChI=1S/C12H14O3/c1-8-3-5-10(11(13)7-8)9(2)4-6-12(14)15/h3-5,7,13H,6H2,1-2H3,(H,14,15)/b9-4-. The van der Waals surface area contributed by atoms with Crippen LogP contribution in [-0.4, -0.2) is 16.2 Å². The summed E-state index contributed by atoms with van der Waals surface area (Å²) in [6, 6.07) is 5.33. The first-order valence-electron chi connectivity index (χ1n) is 4.69. The molecule has 1 aromatic carbocycles. The van der Waals surface area contributed by atoms with E-state index in [-0.39, 0.29) is 12.2 Å². The number of rotatable bonds is 3. The van der Waals surface area contributed by atoms with Gasteiger partial charge >= 0.3 is 5.97 Å². The lowest BCUT2D eigenvalue weighted by Crippen LogP contribution is -1.91. The van der Waals surface area contributed by atoms with Gasteiger partial charge in [0.2, 0.25) is 0 Å². The maximum Gasteiger partial charge on any atom is 0.307 e. The molecule has 2 N–H and O–H groups in total. The minimum atomic E-state index is -0.874. The zero-order valence-corrected chi connectivity index (χ0v) is 8.82. The van der Waals surface area contributed by atoms with Gasteiger partial charge in [0.05, 0.1) is 6.42 Å². The van der Waals surface area contributed by atoms with Gasteiger partial charge in [-0.25, -0.2) is 0 Å². The Balaban J connectivity index is 2.95. The Hall–Kier alpha value is -1.77. The maximum atomic E-state index is 10.4. The molecular weight excluding hydrogens is 192 g/mol. The first-order chi connectivity index (χ1) is 7.00. The van der Waals surface area contributed by atoms with Crippen LogP contribution in [0.4, 0.5) is 0 Å². The number of aliphatic carboxylic acids is 1. The van der Waals surface area contributed by atoms with E-state index in [0.717, 1.165) is 11.1 Å². The van der Waals surface area contributed by atoms with Gasteiger partial charge in [0, 0.05) is 5.56 Å². The Bertz CT molecular complexity index is 405. The Morgan fingerprint density at radius 1 is 1.47 bits per heavy atom. The number of allylic oxidation sites excluding steroid dienone is 1. The van der Waals surface area contributed by atoms with Crippen molar-refractivity contribution in [3.05, 3.63) is 35.4 Å². The molecule has 0 saturated carbocycles. The highest BCUT2D eigenvalue weighted by atomic mass is 16.4. The van der Waals surface area contributed by atoms with E-state index in [1.54, 1.807) is 25.1 Å². The average Bonchev–Trinajstić information content (AvgIpc) is 2.14. The number of hydrogen-bond donors (Lipinski definition) is 2. The molecule has 1 rings (SSSR count). The first kappa shape index (κ1) is 11.3. The number of aromatic hydroxyl groups is 1. The highest BCUT2D eigenvalue weighted by Crippen LogP contribution is 2.25. The second kappa shape index (κ2) is 4.64. The predicted octanol–water partition coefficient (Wildman–Crippen LogP) is 2.58. The van der Waals surface area contributed by atoms with Crippen LogP contribution in [-0.2, 0) is 4.79 Å². The number of phenols is 1. The van der Waals surface area contributed by atoms with Crippen LogP contribution in [0, 0.1) is 6.92 Å². The van der Waals surface area contributed by atoms with Crippen molar-refractivity contribution < 1.29 is 15.0 Å². The van der Waals surface area contributed by atoms with Crippen molar-refractivity contribution in [2.45, 2.75) is 20.3 Å². The Kier molecular flexibility index (Phi) is 3.50. The molecule has 0 unspecified atom stereocenters. The van der Waals surface area contributed by atoms with Gasteiger partial charge in [0.1, 0.15) is 5.75 Å². The summed E-state index contributed by atoms with van der Waals surface area (Å²) in [5.41, 5.74) is 2.43. The minimum absolute atomic E-state index is 0.0286. The summed E-state index contributed by atoms with van der Waals surface area (Å²) in [6.45, 7) is 3.67. The normalized spacial score (nSPS) is 11.5. The van der Waals surface area contributed by atoms with Gasteiger partial charge in [-0.15, -0.1) is 0 Å². The first-order valence-corrected chi connectivity index (χ1v) is 4.69. The van der Waals surface area contributed by atoms with Crippen molar-refractivity contribution in [1.82, 2.24) is 0 Å². The van der Waals surface area contributed by atoms with Gasteiger partial charge in [-0.2, -0.15) is 0 Å². The second-order valence-electron chi connectivity index (χ2n) is 3.51. The van der Waals surface area contributed by atoms with Crippen molar-refractivity contribution in [3.63, 3.8) is 0 Å². The number of benzene rings is 1. The maximum absolute atomic E-state index is 10.4. The third kappa shape index (κ3) is 3.13. The third-order valence-corrected chi connectivity index (χ3v) is 2.16. The van der Waals surface area contributed by atoms with E-state index in [0.29, 0.717) is 5.56 Å². The van der Waals surface area contributed by atoms with Crippen molar-refractivity contribution in [2.24, 2.45) is 0 Å². The number of phenolic OH excluding ortho intramolecular Hbond substituents is 1. The fourth-order valence-corrected chi connectivity index (χ4v) is 1.33. The van der Waals surface area contributed by atoms with E-state index in [1.165, 1.54) is 0 Å². The summed E-state index contributed by atoms with van der Waals surface area (Å²) in [5.74, 6) is -0.685. The molecule has 3 nitrogen and oxygen atoms in total. The van der Waals surface area contributed by atoms with Crippen LogP contribution < -0.4 is 0 Å². The third-order valence-electron chi connectivity index (χ3n) is 2.16. The molecule has 0 aliphatic carbocycles. The van der Waals surface area contributed by atoms with Crippen LogP contribution in [0.2, 0.25) is 0 Å². The van der Waals surface area contributed by atoms with Crippen LogP contribution >= 0.6 is 0 Å². The molecule has 0 radical (unpaired) electrons. The van der Waals surface area contributed by atoms with Gasteiger partial charge < -0.3 is 10.2 Å². The van der Waals surface area contributed by atoms with Crippen LogP contribution in [0.1, 0.15) is 24.5 Å². The Labute approximate surface area is 88.7 Å². The van der Waals surface area contributed by atoms with Gasteiger partial charge in [0.15, 0.2) is 0 Å². The van der Waals surface area contributed by atoms with Crippen molar-refractivity contribution in [2.75, 3.05) is 0 Å². The van der Waals surface area contributed by atoms with Gasteiger partial charge in [0.25, 0.3) is 0 Å². The van der Waals surface area contributed by atoms with E-state index in [2.05, 4.69) is 0 Å². The average molecular weight is 206 g/mol. The Morgan fingerprint density at radius 3 is 2.67 bits per heavy atom. The molecule has 0 spiro atoms. The van der Waals surface area contributed by atoms with Crippen LogP contribution in [0.15, 0.2) is 24.3 Å². The molecule has 0 saturated heterocycles.